The number of hydrogen-bond donors (Lipinski definition) is 1. The summed E-state index contributed by atoms with van der Waals surface area (Å²) in [5.74, 6) is 0.133. The van der Waals surface area contributed by atoms with Gasteiger partial charge in [0, 0.05) is 30.7 Å². The number of aryl methyl sites for hydroxylation is 1. The standard InChI is InChI=1S/C17H23NO3/c1-12-4-2-5-13(10-12)17(20)18-8-3-6-15(18)14-11-21-9-7-16(14)19/h2,4-5,10,14-16,19H,3,6-9,11H2,1H3/t14-,15+,16-/m0/s1. The minimum atomic E-state index is -0.352. The highest BCUT2D eigenvalue weighted by Crippen LogP contribution is 2.31. The maximum atomic E-state index is 12.8. The maximum Gasteiger partial charge on any atom is 0.254 e. The molecule has 0 unspecified atom stereocenters. The van der Waals surface area contributed by atoms with Gasteiger partial charge in [-0.2, -0.15) is 0 Å². The third-order valence-electron chi connectivity index (χ3n) is 4.68. The van der Waals surface area contributed by atoms with E-state index in [0.29, 0.717) is 19.6 Å². The van der Waals surface area contributed by atoms with Gasteiger partial charge in [-0.05, 0) is 38.3 Å². The molecule has 1 N–H and O–H groups in total. The van der Waals surface area contributed by atoms with E-state index < -0.39 is 0 Å². The number of likely N-dealkylation sites (tertiary alicyclic amines) is 1. The van der Waals surface area contributed by atoms with Gasteiger partial charge >= 0.3 is 0 Å². The fourth-order valence-corrected chi connectivity index (χ4v) is 3.55. The molecule has 1 aromatic rings. The molecule has 4 nitrogen and oxygen atoms in total. The largest absolute Gasteiger partial charge is 0.393 e. The molecule has 3 rings (SSSR count). The Labute approximate surface area is 125 Å². The van der Waals surface area contributed by atoms with E-state index in [9.17, 15) is 9.90 Å². The number of benzene rings is 1. The predicted octanol–water partition coefficient (Wildman–Crippen LogP) is 2.00. The fourth-order valence-electron chi connectivity index (χ4n) is 3.55. The summed E-state index contributed by atoms with van der Waals surface area (Å²) in [4.78, 5) is 14.7. The molecule has 21 heavy (non-hydrogen) atoms. The summed E-state index contributed by atoms with van der Waals surface area (Å²) >= 11 is 0. The highest BCUT2D eigenvalue weighted by molar-refractivity contribution is 5.94. The van der Waals surface area contributed by atoms with Gasteiger partial charge in [-0.3, -0.25) is 4.79 Å². The molecule has 0 saturated carbocycles. The van der Waals surface area contributed by atoms with Crippen LogP contribution in [0.15, 0.2) is 24.3 Å². The van der Waals surface area contributed by atoms with Crippen LogP contribution in [0.1, 0.15) is 35.2 Å². The normalized spacial score (nSPS) is 29.6. The number of amides is 1. The Kier molecular flexibility index (Phi) is 4.27. The average molecular weight is 289 g/mol. The highest BCUT2D eigenvalue weighted by Gasteiger charge is 2.39. The van der Waals surface area contributed by atoms with Crippen molar-refractivity contribution in [3.05, 3.63) is 35.4 Å². The van der Waals surface area contributed by atoms with Crippen LogP contribution in [-0.2, 0) is 4.74 Å². The first-order chi connectivity index (χ1) is 10.2. The SMILES string of the molecule is Cc1cccc(C(=O)N2CCC[C@@H]2[C@@H]2COCC[C@@H]2O)c1. The van der Waals surface area contributed by atoms with E-state index in [-0.39, 0.29) is 24.0 Å². The number of rotatable bonds is 2. The molecule has 0 aliphatic carbocycles. The summed E-state index contributed by atoms with van der Waals surface area (Å²) in [6, 6.07) is 7.83. The Morgan fingerprint density at radius 2 is 2.24 bits per heavy atom. The maximum absolute atomic E-state index is 12.8. The second kappa shape index (κ2) is 6.16. The van der Waals surface area contributed by atoms with Gasteiger partial charge in [-0.25, -0.2) is 0 Å². The topological polar surface area (TPSA) is 49.8 Å². The molecule has 0 spiro atoms. The summed E-state index contributed by atoms with van der Waals surface area (Å²) < 4.78 is 5.52. The molecule has 0 radical (unpaired) electrons. The van der Waals surface area contributed by atoms with Crippen molar-refractivity contribution in [1.82, 2.24) is 4.90 Å². The van der Waals surface area contributed by atoms with E-state index in [4.69, 9.17) is 4.74 Å². The molecule has 2 aliphatic heterocycles. The molecule has 2 aliphatic rings. The van der Waals surface area contributed by atoms with Gasteiger partial charge in [0.2, 0.25) is 0 Å². The van der Waals surface area contributed by atoms with Gasteiger partial charge in [0.05, 0.1) is 12.7 Å². The second-order valence-electron chi connectivity index (χ2n) is 6.17. The van der Waals surface area contributed by atoms with Crippen LogP contribution < -0.4 is 0 Å². The number of ether oxygens (including phenoxy) is 1. The van der Waals surface area contributed by atoms with E-state index in [1.165, 1.54) is 0 Å². The van der Waals surface area contributed by atoms with E-state index in [0.717, 1.165) is 30.5 Å². The van der Waals surface area contributed by atoms with Crippen LogP contribution in [0.4, 0.5) is 0 Å². The molecule has 3 atom stereocenters. The molecular formula is C17H23NO3. The Hall–Kier alpha value is -1.39. The minimum absolute atomic E-state index is 0.0509. The molecule has 2 fully saturated rings. The number of aliphatic hydroxyl groups is 1. The zero-order chi connectivity index (χ0) is 14.8. The van der Waals surface area contributed by atoms with Crippen molar-refractivity contribution in [2.45, 2.75) is 38.3 Å². The zero-order valence-electron chi connectivity index (χ0n) is 12.5. The number of hydrogen-bond acceptors (Lipinski definition) is 3. The number of nitrogens with zero attached hydrogens (tertiary/aromatic N) is 1. The van der Waals surface area contributed by atoms with E-state index in [1.807, 2.05) is 36.1 Å². The quantitative estimate of drug-likeness (QED) is 0.906. The number of aliphatic hydroxyl groups excluding tert-OH is 1. The molecule has 2 heterocycles. The lowest BCUT2D eigenvalue weighted by Gasteiger charge is -2.37. The van der Waals surface area contributed by atoms with Gasteiger partial charge in [-0.1, -0.05) is 17.7 Å². The summed E-state index contributed by atoms with van der Waals surface area (Å²) in [7, 11) is 0. The van der Waals surface area contributed by atoms with Crippen molar-refractivity contribution in [3.8, 4) is 0 Å². The average Bonchev–Trinajstić information content (AvgIpc) is 2.96. The Morgan fingerprint density at radius 3 is 3.00 bits per heavy atom. The van der Waals surface area contributed by atoms with Crippen LogP contribution in [0.2, 0.25) is 0 Å². The van der Waals surface area contributed by atoms with Crippen LogP contribution >= 0.6 is 0 Å². The van der Waals surface area contributed by atoms with E-state index in [2.05, 4.69) is 0 Å². The lowest BCUT2D eigenvalue weighted by atomic mass is 9.89. The minimum Gasteiger partial charge on any atom is -0.393 e. The van der Waals surface area contributed by atoms with Crippen molar-refractivity contribution in [1.29, 1.82) is 0 Å². The first-order valence-electron chi connectivity index (χ1n) is 7.80. The third-order valence-corrected chi connectivity index (χ3v) is 4.68. The summed E-state index contributed by atoms with van der Waals surface area (Å²) in [6.45, 7) is 3.96. The third kappa shape index (κ3) is 2.97. The van der Waals surface area contributed by atoms with E-state index in [1.54, 1.807) is 0 Å². The van der Waals surface area contributed by atoms with Crippen LogP contribution in [0.3, 0.4) is 0 Å². The zero-order valence-corrected chi connectivity index (χ0v) is 12.5. The molecule has 1 amide bonds. The second-order valence-corrected chi connectivity index (χ2v) is 6.17. The van der Waals surface area contributed by atoms with Crippen LogP contribution in [0.25, 0.3) is 0 Å². The van der Waals surface area contributed by atoms with Gasteiger partial charge in [0.1, 0.15) is 0 Å². The number of carbonyl (C=O) groups is 1. The van der Waals surface area contributed by atoms with E-state index >= 15 is 0 Å². The first kappa shape index (κ1) is 14.5. The summed E-state index contributed by atoms with van der Waals surface area (Å²) in [5.41, 5.74) is 1.84. The van der Waals surface area contributed by atoms with Gasteiger partial charge < -0.3 is 14.7 Å². The van der Waals surface area contributed by atoms with Crippen molar-refractivity contribution in [2.24, 2.45) is 5.92 Å². The van der Waals surface area contributed by atoms with Crippen molar-refractivity contribution in [2.75, 3.05) is 19.8 Å². The lowest BCUT2D eigenvalue weighted by Crippen LogP contribution is -2.48. The van der Waals surface area contributed by atoms with Crippen LogP contribution in [0.5, 0.6) is 0 Å². The first-order valence-corrected chi connectivity index (χ1v) is 7.80. The van der Waals surface area contributed by atoms with Crippen molar-refractivity contribution >= 4 is 5.91 Å². The molecule has 4 heteroatoms. The Bertz CT molecular complexity index is 517. The van der Waals surface area contributed by atoms with Gasteiger partial charge in [0.15, 0.2) is 0 Å². The molecule has 1 aromatic carbocycles. The molecule has 0 bridgehead atoms. The molecule has 114 valence electrons. The molecule has 2 saturated heterocycles. The monoisotopic (exact) mass is 289 g/mol. The highest BCUT2D eigenvalue weighted by atomic mass is 16.5. The van der Waals surface area contributed by atoms with Crippen LogP contribution in [-0.4, -0.2) is 47.8 Å². The molecule has 0 aromatic heterocycles. The Morgan fingerprint density at radius 1 is 1.38 bits per heavy atom. The van der Waals surface area contributed by atoms with Crippen LogP contribution in [0, 0.1) is 12.8 Å². The van der Waals surface area contributed by atoms with Crippen molar-refractivity contribution in [3.63, 3.8) is 0 Å². The Balaban J connectivity index is 1.78. The van der Waals surface area contributed by atoms with Crippen molar-refractivity contribution < 1.29 is 14.6 Å². The summed E-state index contributed by atoms with van der Waals surface area (Å²) in [5, 5.41) is 10.2. The lowest BCUT2D eigenvalue weighted by molar-refractivity contribution is -0.0589. The predicted molar refractivity (Wildman–Crippen MR) is 80.2 cm³/mol. The number of carbonyl (C=O) groups excluding carboxylic acids is 1. The van der Waals surface area contributed by atoms with Gasteiger partial charge in [-0.15, -0.1) is 0 Å². The summed E-state index contributed by atoms with van der Waals surface area (Å²) in [6.07, 6.45) is 2.29. The fraction of sp³-hybridized carbons (Fsp3) is 0.588. The smallest absolute Gasteiger partial charge is 0.254 e. The molecular weight excluding hydrogens is 266 g/mol. The van der Waals surface area contributed by atoms with Gasteiger partial charge in [0.25, 0.3) is 5.91 Å².